The van der Waals surface area contributed by atoms with Gasteiger partial charge in [0.15, 0.2) is 11.5 Å². The van der Waals surface area contributed by atoms with E-state index < -0.39 is 30.0 Å². The number of carboxylic acid groups (broad SMARTS) is 1. The Kier molecular flexibility index (Phi) is 5.81. The lowest BCUT2D eigenvalue weighted by Crippen LogP contribution is -2.46. The van der Waals surface area contributed by atoms with Crippen LogP contribution < -0.4 is 20.3 Å². The highest BCUT2D eigenvalue weighted by Gasteiger charge is 2.24. The first kappa shape index (κ1) is 19.2. The van der Waals surface area contributed by atoms with Crippen LogP contribution >= 0.6 is 0 Å². The summed E-state index contributed by atoms with van der Waals surface area (Å²) in [6.45, 7) is 2.94. The zero-order chi connectivity index (χ0) is 19.4. The summed E-state index contributed by atoms with van der Waals surface area (Å²) in [4.78, 5) is 36.1. The summed E-state index contributed by atoms with van der Waals surface area (Å²) < 4.78 is 11.4. The van der Waals surface area contributed by atoms with E-state index in [4.69, 9.17) is 14.6 Å². The maximum absolute atomic E-state index is 12.7. The number of nitrogens with zero attached hydrogens (tertiary/aromatic N) is 2. The molecular formula is C17H21N3O6. The second-order valence-corrected chi connectivity index (χ2v) is 6.00. The number of fused-ring (bicyclic) bond motifs is 1. The normalized spacial score (nSPS) is 12.0. The molecule has 0 unspecified atom stereocenters. The van der Waals surface area contributed by atoms with Crippen LogP contribution in [0.4, 0.5) is 0 Å². The molecule has 26 heavy (non-hydrogen) atoms. The number of benzene rings is 1. The topological polar surface area (TPSA) is 120 Å². The molecular weight excluding hydrogens is 342 g/mol. The quantitative estimate of drug-likeness (QED) is 0.741. The van der Waals surface area contributed by atoms with Crippen LogP contribution in [0, 0.1) is 5.92 Å². The highest BCUT2D eigenvalue weighted by Crippen LogP contribution is 2.32. The van der Waals surface area contributed by atoms with Crippen LogP contribution in [0.2, 0.25) is 0 Å². The number of ether oxygens (including phenoxy) is 2. The predicted octanol–water partition coefficient (Wildman–Crippen LogP) is 0.639. The van der Waals surface area contributed by atoms with Gasteiger partial charge in [0.05, 0.1) is 25.8 Å². The van der Waals surface area contributed by atoms with E-state index in [-0.39, 0.29) is 17.1 Å². The van der Waals surface area contributed by atoms with Crippen molar-refractivity contribution in [3.8, 4) is 11.5 Å². The van der Waals surface area contributed by atoms with Crippen molar-refractivity contribution in [3.63, 3.8) is 0 Å². The van der Waals surface area contributed by atoms with E-state index in [1.54, 1.807) is 26.0 Å². The third kappa shape index (κ3) is 3.76. The Morgan fingerprint density at radius 2 is 1.96 bits per heavy atom. The van der Waals surface area contributed by atoms with Crippen molar-refractivity contribution < 1.29 is 24.2 Å². The molecule has 2 N–H and O–H groups in total. The average molecular weight is 363 g/mol. The standard InChI is InChI=1S/C17H21N3O6/c1-9(2)14(17(23)24)19-12(21)8-20-16(22)13-10(7-18-20)5-6-11(25-3)15(13)26-4/h5-7,9,14H,8H2,1-4H3,(H,19,21)(H,23,24)/t14-/m1/s1. The van der Waals surface area contributed by atoms with Gasteiger partial charge in [-0.2, -0.15) is 5.10 Å². The second-order valence-electron chi connectivity index (χ2n) is 6.00. The molecule has 0 aliphatic heterocycles. The van der Waals surface area contributed by atoms with Gasteiger partial charge < -0.3 is 19.9 Å². The van der Waals surface area contributed by atoms with Crippen molar-refractivity contribution >= 4 is 22.6 Å². The third-order valence-electron chi connectivity index (χ3n) is 3.90. The molecule has 2 aromatic rings. The van der Waals surface area contributed by atoms with Crippen LogP contribution in [0.25, 0.3) is 10.8 Å². The molecule has 140 valence electrons. The van der Waals surface area contributed by atoms with E-state index in [1.807, 2.05) is 0 Å². The fraction of sp³-hybridized carbons (Fsp3) is 0.412. The smallest absolute Gasteiger partial charge is 0.326 e. The van der Waals surface area contributed by atoms with Crippen LogP contribution in [-0.2, 0) is 16.1 Å². The van der Waals surface area contributed by atoms with E-state index in [0.29, 0.717) is 11.1 Å². The number of aliphatic carboxylic acids is 1. The Labute approximate surface area is 149 Å². The summed E-state index contributed by atoms with van der Waals surface area (Å²) in [5.41, 5.74) is -0.537. The number of carboxylic acids is 1. The molecule has 1 aromatic heterocycles. The molecule has 9 nitrogen and oxygen atoms in total. The van der Waals surface area contributed by atoms with E-state index in [0.717, 1.165) is 4.68 Å². The van der Waals surface area contributed by atoms with Gasteiger partial charge in [-0.25, -0.2) is 9.48 Å². The number of carbonyl (C=O) groups excluding carboxylic acids is 1. The Balaban J connectivity index is 2.39. The number of methoxy groups -OCH3 is 2. The Hall–Kier alpha value is -3.10. The number of carbonyl (C=O) groups is 2. The highest BCUT2D eigenvalue weighted by atomic mass is 16.5. The van der Waals surface area contributed by atoms with Crippen LogP contribution in [-0.4, -0.2) is 47.0 Å². The SMILES string of the molecule is COc1ccc2cnn(CC(=O)N[C@@H](C(=O)O)C(C)C)c(=O)c2c1OC. The van der Waals surface area contributed by atoms with Crippen molar-refractivity contribution in [3.05, 3.63) is 28.7 Å². The van der Waals surface area contributed by atoms with Gasteiger partial charge in [0.1, 0.15) is 12.6 Å². The molecule has 2 rings (SSSR count). The summed E-state index contributed by atoms with van der Waals surface area (Å²) in [7, 11) is 2.86. The van der Waals surface area contributed by atoms with Crippen molar-refractivity contribution in [2.75, 3.05) is 14.2 Å². The van der Waals surface area contributed by atoms with Crippen LogP contribution in [0.15, 0.2) is 23.1 Å². The number of rotatable bonds is 7. The molecule has 0 aliphatic rings. The van der Waals surface area contributed by atoms with Gasteiger partial charge in [-0.1, -0.05) is 13.8 Å². The first-order valence-electron chi connectivity index (χ1n) is 7.93. The summed E-state index contributed by atoms with van der Waals surface area (Å²) in [6, 6.07) is 2.27. The minimum Gasteiger partial charge on any atom is -0.493 e. The second kappa shape index (κ2) is 7.85. The Morgan fingerprint density at radius 3 is 2.50 bits per heavy atom. The molecule has 0 saturated heterocycles. The fourth-order valence-corrected chi connectivity index (χ4v) is 2.57. The van der Waals surface area contributed by atoms with Gasteiger partial charge in [-0.15, -0.1) is 0 Å². The molecule has 0 radical (unpaired) electrons. The maximum atomic E-state index is 12.7. The van der Waals surface area contributed by atoms with Gasteiger partial charge in [-0.3, -0.25) is 9.59 Å². The van der Waals surface area contributed by atoms with Crippen LogP contribution in [0.5, 0.6) is 11.5 Å². The number of hydrogen-bond donors (Lipinski definition) is 2. The summed E-state index contributed by atoms with van der Waals surface area (Å²) in [5.74, 6) is -1.44. The molecule has 1 aromatic carbocycles. The van der Waals surface area contributed by atoms with E-state index in [1.165, 1.54) is 20.4 Å². The molecule has 0 bridgehead atoms. The van der Waals surface area contributed by atoms with Gasteiger partial charge >= 0.3 is 5.97 Å². The number of hydrogen-bond acceptors (Lipinski definition) is 6. The number of nitrogens with one attached hydrogen (secondary N) is 1. The lowest BCUT2D eigenvalue weighted by atomic mass is 10.1. The summed E-state index contributed by atoms with van der Waals surface area (Å²) in [5, 5.41) is 16.3. The van der Waals surface area contributed by atoms with Crippen molar-refractivity contribution in [1.82, 2.24) is 15.1 Å². The van der Waals surface area contributed by atoms with Gasteiger partial charge in [0.2, 0.25) is 5.91 Å². The van der Waals surface area contributed by atoms with Crippen molar-refractivity contribution in [2.45, 2.75) is 26.4 Å². The van der Waals surface area contributed by atoms with Crippen molar-refractivity contribution in [2.24, 2.45) is 5.92 Å². The zero-order valence-corrected chi connectivity index (χ0v) is 15.0. The lowest BCUT2D eigenvalue weighted by molar-refractivity contribution is -0.143. The lowest BCUT2D eigenvalue weighted by Gasteiger charge is -2.18. The molecule has 1 amide bonds. The first-order valence-corrected chi connectivity index (χ1v) is 7.93. The van der Waals surface area contributed by atoms with Crippen LogP contribution in [0.1, 0.15) is 13.8 Å². The molecule has 1 atom stereocenters. The Morgan fingerprint density at radius 1 is 1.27 bits per heavy atom. The fourth-order valence-electron chi connectivity index (χ4n) is 2.57. The molecule has 1 heterocycles. The monoisotopic (exact) mass is 363 g/mol. The Bertz CT molecular complexity index is 890. The minimum atomic E-state index is -1.14. The number of aromatic nitrogens is 2. The van der Waals surface area contributed by atoms with E-state index in [2.05, 4.69) is 10.4 Å². The first-order chi connectivity index (χ1) is 12.3. The van der Waals surface area contributed by atoms with E-state index in [9.17, 15) is 14.4 Å². The minimum absolute atomic E-state index is 0.230. The molecule has 9 heteroatoms. The zero-order valence-electron chi connectivity index (χ0n) is 15.0. The molecule has 0 fully saturated rings. The summed E-state index contributed by atoms with van der Waals surface area (Å²) in [6.07, 6.45) is 1.43. The molecule has 0 saturated carbocycles. The van der Waals surface area contributed by atoms with Gasteiger partial charge in [-0.05, 0) is 18.1 Å². The molecule has 0 spiro atoms. The van der Waals surface area contributed by atoms with Gasteiger partial charge in [0.25, 0.3) is 5.56 Å². The summed E-state index contributed by atoms with van der Waals surface area (Å²) >= 11 is 0. The van der Waals surface area contributed by atoms with Crippen molar-refractivity contribution in [1.29, 1.82) is 0 Å². The van der Waals surface area contributed by atoms with Gasteiger partial charge in [0, 0.05) is 5.39 Å². The highest BCUT2D eigenvalue weighted by molar-refractivity contribution is 5.89. The van der Waals surface area contributed by atoms with Crippen LogP contribution in [0.3, 0.4) is 0 Å². The van der Waals surface area contributed by atoms with E-state index >= 15 is 0 Å². The number of amides is 1. The maximum Gasteiger partial charge on any atom is 0.326 e. The molecule has 0 aliphatic carbocycles. The third-order valence-corrected chi connectivity index (χ3v) is 3.90. The largest absolute Gasteiger partial charge is 0.493 e. The average Bonchev–Trinajstić information content (AvgIpc) is 2.60. The predicted molar refractivity (Wildman–Crippen MR) is 93.5 cm³/mol.